The van der Waals surface area contributed by atoms with Crippen LogP contribution < -0.4 is 9.64 Å². The van der Waals surface area contributed by atoms with E-state index < -0.39 is 0 Å². The van der Waals surface area contributed by atoms with Crippen molar-refractivity contribution in [3.8, 4) is 22.8 Å². The lowest BCUT2D eigenvalue weighted by atomic mass is 10.1. The zero-order valence-electron chi connectivity index (χ0n) is 23.6. The van der Waals surface area contributed by atoms with Crippen molar-refractivity contribution >= 4 is 28.1 Å². The fourth-order valence-corrected chi connectivity index (χ4v) is 5.49. The van der Waals surface area contributed by atoms with Crippen molar-refractivity contribution in [2.45, 2.75) is 20.8 Å². The summed E-state index contributed by atoms with van der Waals surface area (Å²) in [6.07, 6.45) is 7.22. The number of carbonyl (C=O) groups excluding carboxylic acids is 1. The molecule has 6 rings (SSSR count). The first-order valence-electron chi connectivity index (χ1n) is 13.2. The molecule has 40 heavy (non-hydrogen) atoms. The van der Waals surface area contributed by atoms with Crippen LogP contribution in [0.25, 0.3) is 33.5 Å². The second-order valence-electron chi connectivity index (χ2n) is 10.2. The van der Waals surface area contributed by atoms with Crippen molar-refractivity contribution in [2.24, 2.45) is 0 Å². The molecule has 1 aliphatic rings. The normalized spacial score (nSPS) is 13.8. The average molecular weight is 541 g/mol. The van der Waals surface area contributed by atoms with E-state index in [1.54, 1.807) is 38.5 Å². The van der Waals surface area contributed by atoms with Gasteiger partial charge in [0, 0.05) is 56.4 Å². The van der Waals surface area contributed by atoms with Gasteiger partial charge < -0.3 is 23.7 Å². The molecule has 6 heterocycles. The topological polar surface area (TPSA) is 103 Å². The maximum Gasteiger partial charge on any atom is 0.255 e. The van der Waals surface area contributed by atoms with E-state index in [1.807, 2.05) is 50.0 Å². The van der Waals surface area contributed by atoms with Crippen molar-refractivity contribution in [2.75, 3.05) is 52.4 Å². The van der Waals surface area contributed by atoms with Crippen LogP contribution in [-0.2, 0) is 4.74 Å². The molecule has 5 aromatic rings. The molecule has 0 unspecified atom stereocenters. The van der Waals surface area contributed by atoms with Gasteiger partial charge in [-0.1, -0.05) is 0 Å². The molecule has 5 aromatic heterocycles. The fourth-order valence-electron chi connectivity index (χ4n) is 5.49. The zero-order chi connectivity index (χ0) is 28.1. The van der Waals surface area contributed by atoms with Crippen LogP contribution in [0.5, 0.6) is 5.75 Å². The van der Waals surface area contributed by atoms with Crippen molar-refractivity contribution in [1.82, 2.24) is 34.0 Å². The van der Waals surface area contributed by atoms with Gasteiger partial charge >= 0.3 is 0 Å². The number of rotatable bonds is 5. The number of anilines is 1. The van der Waals surface area contributed by atoms with Crippen molar-refractivity contribution in [3.05, 3.63) is 59.4 Å². The molecule has 1 aliphatic heterocycles. The van der Waals surface area contributed by atoms with Crippen LogP contribution >= 0.6 is 0 Å². The van der Waals surface area contributed by atoms with Crippen LogP contribution in [0.2, 0.25) is 0 Å². The van der Waals surface area contributed by atoms with Crippen LogP contribution in [0.3, 0.4) is 0 Å². The highest BCUT2D eigenvalue weighted by Gasteiger charge is 2.27. The van der Waals surface area contributed by atoms with E-state index in [1.165, 1.54) is 0 Å². The predicted octanol–water partition coefficient (Wildman–Crippen LogP) is 3.60. The fraction of sp³-hybridized carbons (Fsp3) is 0.345. The van der Waals surface area contributed by atoms with Crippen LogP contribution in [0.4, 0.5) is 5.82 Å². The average Bonchev–Trinajstić information content (AvgIpc) is 3.51. The van der Waals surface area contributed by atoms with E-state index in [2.05, 4.69) is 14.3 Å². The molecular weight excluding hydrogens is 508 g/mol. The third-order valence-corrected chi connectivity index (χ3v) is 7.55. The molecule has 206 valence electrons. The molecular formula is C29H32N8O3. The Morgan fingerprint density at radius 1 is 1.10 bits per heavy atom. The molecule has 11 heteroatoms. The summed E-state index contributed by atoms with van der Waals surface area (Å²) in [4.78, 5) is 31.3. The first-order valence-corrected chi connectivity index (χ1v) is 13.2. The lowest BCUT2D eigenvalue weighted by molar-refractivity contribution is 0.0826. The Kier molecular flexibility index (Phi) is 6.38. The summed E-state index contributed by atoms with van der Waals surface area (Å²) in [5, 5.41) is 5.68. The minimum atomic E-state index is -0.0329. The van der Waals surface area contributed by atoms with Crippen LogP contribution in [0, 0.1) is 20.8 Å². The number of hydrogen-bond acceptors (Lipinski definition) is 8. The van der Waals surface area contributed by atoms with Gasteiger partial charge in [0.25, 0.3) is 5.91 Å². The largest absolute Gasteiger partial charge is 0.496 e. The number of hydrogen-bond donors (Lipinski definition) is 0. The Hall–Kier alpha value is -4.51. The molecule has 0 aliphatic carbocycles. The van der Waals surface area contributed by atoms with Gasteiger partial charge in [0.2, 0.25) is 0 Å². The highest BCUT2D eigenvalue weighted by atomic mass is 16.5. The van der Waals surface area contributed by atoms with E-state index in [4.69, 9.17) is 24.5 Å². The van der Waals surface area contributed by atoms with Crippen LogP contribution in [0.1, 0.15) is 27.3 Å². The lowest BCUT2D eigenvalue weighted by Crippen LogP contribution is -2.37. The number of fused-ring (bicyclic) bond motifs is 2. The molecule has 1 fully saturated rings. The molecule has 0 spiro atoms. The quantitative estimate of drug-likeness (QED) is 0.333. The molecule has 1 saturated heterocycles. The SMILES string of the molecule is COc1ccncc1-c1cc2c(cnn2-c2cn3c(C)c(C(=O)N(C)C)c(C)c3c(N3CCOCC3)n2)c(C)n1. The van der Waals surface area contributed by atoms with Gasteiger partial charge in [0.15, 0.2) is 11.6 Å². The number of morpholine rings is 1. The number of pyridine rings is 2. The Balaban J connectivity index is 1.61. The second-order valence-corrected chi connectivity index (χ2v) is 10.2. The third-order valence-electron chi connectivity index (χ3n) is 7.55. The minimum absolute atomic E-state index is 0.0329. The predicted molar refractivity (Wildman–Crippen MR) is 153 cm³/mol. The Labute approximate surface area is 232 Å². The maximum atomic E-state index is 13.2. The van der Waals surface area contributed by atoms with E-state index in [9.17, 15) is 4.79 Å². The standard InChI is InChI=1S/C29H32N8O3/c1-17-26(29(38)34(4)5)19(3)36-16-25(33-28(27(17)36)35-9-11-40-12-10-35)37-23-13-22(32-18(2)20(23)15-31-37)21-14-30-8-7-24(21)39-6/h7-8,13-16H,9-12H2,1-6H3. The molecule has 0 N–H and O–H groups in total. The number of methoxy groups -OCH3 is 1. The van der Waals surface area contributed by atoms with E-state index in [0.717, 1.165) is 50.4 Å². The Morgan fingerprint density at radius 2 is 1.88 bits per heavy atom. The summed E-state index contributed by atoms with van der Waals surface area (Å²) in [7, 11) is 5.19. The molecule has 0 saturated carbocycles. The van der Waals surface area contributed by atoms with Gasteiger partial charge in [-0.2, -0.15) is 5.10 Å². The minimum Gasteiger partial charge on any atom is -0.496 e. The maximum absolute atomic E-state index is 13.2. The van der Waals surface area contributed by atoms with Gasteiger partial charge in [-0.25, -0.2) is 9.67 Å². The van der Waals surface area contributed by atoms with Gasteiger partial charge in [-0.3, -0.25) is 14.8 Å². The van der Waals surface area contributed by atoms with Gasteiger partial charge in [-0.05, 0) is 38.5 Å². The van der Waals surface area contributed by atoms with Gasteiger partial charge in [-0.15, -0.1) is 0 Å². The zero-order valence-corrected chi connectivity index (χ0v) is 23.6. The van der Waals surface area contributed by atoms with Crippen molar-refractivity contribution in [3.63, 3.8) is 0 Å². The number of aryl methyl sites for hydroxylation is 3. The van der Waals surface area contributed by atoms with E-state index >= 15 is 0 Å². The summed E-state index contributed by atoms with van der Waals surface area (Å²) in [5.74, 6) is 2.11. The van der Waals surface area contributed by atoms with Crippen molar-refractivity contribution in [1.29, 1.82) is 0 Å². The molecule has 1 amide bonds. The summed E-state index contributed by atoms with van der Waals surface area (Å²) in [6, 6.07) is 3.81. The van der Waals surface area contributed by atoms with E-state index in [0.29, 0.717) is 43.4 Å². The van der Waals surface area contributed by atoms with Crippen molar-refractivity contribution < 1.29 is 14.3 Å². The summed E-state index contributed by atoms with van der Waals surface area (Å²) in [6.45, 7) is 8.59. The molecule has 0 radical (unpaired) electrons. The monoisotopic (exact) mass is 540 g/mol. The Morgan fingerprint density at radius 3 is 2.60 bits per heavy atom. The van der Waals surface area contributed by atoms with Gasteiger partial charge in [0.05, 0.1) is 60.6 Å². The third kappa shape index (κ3) is 4.04. The molecule has 0 bridgehead atoms. The molecule has 11 nitrogen and oxygen atoms in total. The summed E-state index contributed by atoms with van der Waals surface area (Å²) >= 11 is 0. The first kappa shape index (κ1) is 25.8. The number of amides is 1. The smallest absolute Gasteiger partial charge is 0.255 e. The highest BCUT2D eigenvalue weighted by Crippen LogP contribution is 2.34. The lowest BCUT2D eigenvalue weighted by Gasteiger charge is -2.29. The molecule has 0 atom stereocenters. The van der Waals surface area contributed by atoms with Gasteiger partial charge in [0.1, 0.15) is 5.75 Å². The Bertz CT molecular complexity index is 1760. The number of ether oxygens (including phenoxy) is 2. The number of aromatic nitrogens is 6. The summed E-state index contributed by atoms with van der Waals surface area (Å²) in [5.41, 5.74) is 6.61. The number of carbonyl (C=O) groups is 1. The van der Waals surface area contributed by atoms with Crippen LogP contribution in [-0.4, -0.2) is 87.4 Å². The first-order chi connectivity index (χ1) is 19.3. The van der Waals surface area contributed by atoms with Crippen LogP contribution in [0.15, 0.2) is 36.9 Å². The highest BCUT2D eigenvalue weighted by molar-refractivity contribution is 6.00. The number of nitrogens with zero attached hydrogens (tertiary/aromatic N) is 8. The van der Waals surface area contributed by atoms with E-state index in [-0.39, 0.29) is 5.91 Å². The molecule has 0 aromatic carbocycles. The summed E-state index contributed by atoms with van der Waals surface area (Å²) < 4.78 is 15.1. The second kappa shape index (κ2) is 9.91.